The van der Waals surface area contributed by atoms with Crippen LogP contribution in [0.1, 0.15) is 21.5 Å². The van der Waals surface area contributed by atoms with E-state index in [1.165, 1.54) is 5.56 Å². The van der Waals surface area contributed by atoms with E-state index in [0.717, 1.165) is 24.0 Å². The Bertz CT molecular complexity index is 518. The van der Waals surface area contributed by atoms with Gasteiger partial charge in [-0.15, -0.1) is 0 Å². The Hall–Kier alpha value is -2.09. The summed E-state index contributed by atoms with van der Waals surface area (Å²) in [5.74, 6) is 0.788. The van der Waals surface area contributed by atoms with Gasteiger partial charge in [0, 0.05) is 12.0 Å². The lowest BCUT2D eigenvalue weighted by Crippen LogP contribution is -2.02. The largest absolute Gasteiger partial charge is 0.493 e. The summed E-state index contributed by atoms with van der Waals surface area (Å²) < 4.78 is 5.72. The summed E-state index contributed by atoms with van der Waals surface area (Å²) in [7, 11) is 0. The molecule has 0 unspecified atom stereocenters. The average Bonchev–Trinajstić information content (AvgIpc) is 2.42. The summed E-state index contributed by atoms with van der Waals surface area (Å²) in [4.78, 5) is 10.7. The fraction of sp³-hybridized carbons (Fsp3) is 0.188. The van der Waals surface area contributed by atoms with E-state index in [0.29, 0.717) is 12.2 Å². The smallest absolute Gasteiger partial charge is 0.150 e. The first-order valence-electron chi connectivity index (χ1n) is 6.02. The Balaban J connectivity index is 1.96. The Morgan fingerprint density at radius 3 is 2.61 bits per heavy atom. The van der Waals surface area contributed by atoms with E-state index in [4.69, 9.17) is 4.74 Å². The number of benzene rings is 2. The van der Waals surface area contributed by atoms with Crippen LogP contribution >= 0.6 is 0 Å². The fourth-order valence-corrected chi connectivity index (χ4v) is 1.77. The van der Waals surface area contributed by atoms with Crippen LogP contribution in [0, 0.1) is 6.92 Å². The highest BCUT2D eigenvalue weighted by Gasteiger charge is 2.01. The zero-order chi connectivity index (χ0) is 12.8. The minimum absolute atomic E-state index is 0.618. The maximum atomic E-state index is 10.7. The third-order valence-corrected chi connectivity index (χ3v) is 2.84. The second-order valence-electron chi connectivity index (χ2n) is 4.23. The van der Waals surface area contributed by atoms with Gasteiger partial charge in [0.25, 0.3) is 0 Å². The van der Waals surface area contributed by atoms with Gasteiger partial charge in [-0.2, -0.15) is 0 Å². The van der Waals surface area contributed by atoms with Crippen LogP contribution in [-0.4, -0.2) is 12.9 Å². The molecule has 0 saturated heterocycles. The van der Waals surface area contributed by atoms with Crippen LogP contribution in [0.4, 0.5) is 0 Å². The van der Waals surface area contributed by atoms with Crippen LogP contribution < -0.4 is 4.74 Å². The maximum Gasteiger partial charge on any atom is 0.150 e. The third kappa shape index (κ3) is 3.20. The summed E-state index contributed by atoms with van der Waals surface area (Å²) in [5, 5.41) is 0. The van der Waals surface area contributed by atoms with E-state index in [2.05, 4.69) is 12.1 Å². The maximum absolute atomic E-state index is 10.7. The molecule has 92 valence electrons. The molecule has 2 aromatic carbocycles. The standard InChI is InChI=1S/C16H16O2/c1-13-7-8-15(12-17)11-16(13)18-10-9-14-5-3-2-4-6-14/h2-8,11-12H,9-10H2,1H3. The Morgan fingerprint density at radius 2 is 1.89 bits per heavy atom. The minimum Gasteiger partial charge on any atom is -0.493 e. The third-order valence-electron chi connectivity index (χ3n) is 2.84. The van der Waals surface area contributed by atoms with Crippen molar-refractivity contribution in [1.82, 2.24) is 0 Å². The minimum atomic E-state index is 0.618. The highest BCUT2D eigenvalue weighted by Crippen LogP contribution is 2.19. The quantitative estimate of drug-likeness (QED) is 0.748. The highest BCUT2D eigenvalue weighted by molar-refractivity contribution is 5.75. The molecule has 0 radical (unpaired) electrons. The van der Waals surface area contributed by atoms with Gasteiger partial charge in [0.1, 0.15) is 12.0 Å². The molecule has 2 aromatic rings. The summed E-state index contributed by atoms with van der Waals surface area (Å²) in [6, 6.07) is 15.7. The molecule has 0 spiro atoms. The first kappa shape index (κ1) is 12.4. The van der Waals surface area contributed by atoms with Crippen molar-refractivity contribution in [3.05, 3.63) is 65.2 Å². The fourth-order valence-electron chi connectivity index (χ4n) is 1.77. The molecule has 0 aliphatic heterocycles. The molecule has 0 saturated carbocycles. The summed E-state index contributed by atoms with van der Waals surface area (Å²) in [6.45, 7) is 2.60. The van der Waals surface area contributed by atoms with Crippen LogP contribution in [0.5, 0.6) is 5.75 Å². The lowest BCUT2D eigenvalue weighted by molar-refractivity contribution is 0.112. The topological polar surface area (TPSA) is 26.3 Å². The molecule has 0 aliphatic carbocycles. The predicted molar refractivity (Wildman–Crippen MR) is 72.2 cm³/mol. The van der Waals surface area contributed by atoms with Crippen molar-refractivity contribution >= 4 is 6.29 Å². The Labute approximate surface area is 107 Å². The molecule has 0 bridgehead atoms. The first-order valence-corrected chi connectivity index (χ1v) is 6.02. The zero-order valence-electron chi connectivity index (χ0n) is 10.4. The summed E-state index contributed by atoms with van der Waals surface area (Å²) in [5.41, 5.74) is 2.95. The van der Waals surface area contributed by atoms with Crippen molar-refractivity contribution in [3.8, 4) is 5.75 Å². The van der Waals surface area contributed by atoms with Crippen molar-refractivity contribution in [2.45, 2.75) is 13.3 Å². The van der Waals surface area contributed by atoms with Gasteiger partial charge >= 0.3 is 0 Å². The number of carbonyl (C=O) groups excluding carboxylic acids is 1. The number of rotatable bonds is 5. The molecular weight excluding hydrogens is 224 g/mol. The van der Waals surface area contributed by atoms with Gasteiger partial charge < -0.3 is 4.74 Å². The van der Waals surface area contributed by atoms with Gasteiger partial charge in [-0.3, -0.25) is 4.79 Å². The van der Waals surface area contributed by atoms with Crippen molar-refractivity contribution < 1.29 is 9.53 Å². The molecule has 0 aromatic heterocycles. The molecule has 0 amide bonds. The molecule has 2 heteroatoms. The molecule has 2 rings (SSSR count). The van der Waals surface area contributed by atoms with Crippen molar-refractivity contribution in [1.29, 1.82) is 0 Å². The molecule has 0 aliphatic rings. The van der Waals surface area contributed by atoms with E-state index in [1.807, 2.05) is 31.2 Å². The van der Waals surface area contributed by atoms with Gasteiger partial charge in [-0.25, -0.2) is 0 Å². The molecule has 0 fully saturated rings. The second kappa shape index (κ2) is 6.01. The number of aldehydes is 1. The predicted octanol–water partition coefficient (Wildman–Crippen LogP) is 3.43. The number of carbonyl (C=O) groups is 1. The van der Waals surface area contributed by atoms with Crippen LogP contribution in [0.2, 0.25) is 0 Å². The van der Waals surface area contributed by atoms with Gasteiger partial charge in [-0.05, 0) is 24.1 Å². The van der Waals surface area contributed by atoms with Crippen LogP contribution in [0.15, 0.2) is 48.5 Å². The number of ether oxygens (including phenoxy) is 1. The van der Waals surface area contributed by atoms with Gasteiger partial charge in [-0.1, -0.05) is 42.5 Å². The lowest BCUT2D eigenvalue weighted by Gasteiger charge is -2.09. The normalized spacial score (nSPS) is 10.1. The number of aryl methyl sites for hydroxylation is 1. The van der Waals surface area contributed by atoms with Gasteiger partial charge in [0.15, 0.2) is 0 Å². The lowest BCUT2D eigenvalue weighted by atomic mass is 10.1. The van der Waals surface area contributed by atoms with Crippen molar-refractivity contribution in [2.24, 2.45) is 0 Å². The van der Waals surface area contributed by atoms with Crippen molar-refractivity contribution in [3.63, 3.8) is 0 Å². The highest BCUT2D eigenvalue weighted by atomic mass is 16.5. The Morgan fingerprint density at radius 1 is 1.11 bits per heavy atom. The Kier molecular flexibility index (Phi) is 4.13. The molecule has 0 N–H and O–H groups in total. The van der Waals surface area contributed by atoms with Crippen molar-refractivity contribution in [2.75, 3.05) is 6.61 Å². The van der Waals surface area contributed by atoms with E-state index in [-0.39, 0.29) is 0 Å². The molecule has 0 atom stereocenters. The summed E-state index contributed by atoms with van der Waals surface area (Å²) in [6.07, 6.45) is 1.70. The van der Waals surface area contributed by atoms with E-state index >= 15 is 0 Å². The molecule has 2 nitrogen and oxygen atoms in total. The molecule has 0 heterocycles. The monoisotopic (exact) mass is 240 g/mol. The van der Waals surface area contributed by atoms with Crippen LogP contribution in [-0.2, 0) is 6.42 Å². The van der Waals surface area contributed by atoms with Crippen LogP contribution in [0.25, 0.3) is 0 Å². The molecular formula is C16H16O2. The first-order chi connectivity index (χ1) is 8.79. The molecule has 18 heavy (non-hydrogen) atoms. The van der Waals surface area contributed by atoms with E-state index < -0.39 is 0 Å². The SMILES string of the molecule is Cc1ccc(C=O)cc1OCCc1ccccc1. The second-order valence-corrected chi connectivity index (χ2v) is 4.23. The van der Waals surface area contributed by atoms with Gasteiger partial charge in [0.2, 0.25) is 0 Å². The summed E-state index contributed by atoms with van der Waals surface area (Å²) >= 11 is 0. The van der Waals surface area contributed by atoms with Gasteiger partial charge in [0.05, 0.1) is 6.61 Å². The number of hydrogen-bond acceptors (Lipinski definition) is 2. The van der Waals surface area contributed by atoms with E-state index in [1.54, 1.807) is 12.1 Å². The van der Waals surface area contributed by atoms with E-state index in [9.17, 15) is 4.79 Å². The zero-order valence-corrected chi connectivity index (χ0v) is 10.4. The average molecular weight is 240 g/mol. The van der Waals surface area contributed by atoms with Crippen LogP contribution in [0.3, 0.4) is 0 Å². The number of hydrogen-bond donors (Lipinski definition) is 0.